The Labute approximate surface area is 252 Å². The number of methoxy groups -OCH3 is 1. The highest BCUT2D eigenvalue weighted by molar-refractivity contribution is 6.31. The molecule has 0 radical (unpaired) electrons. The smallest absolute Gasteiger partial charge is 0.411 e. The zero-order chi connectivity index (χ0) is 29.2. The number of amides is 1. The third kappa shape index (κ3) is 5.95. The van der Waals surface area contributed by atoms with Gasteiger partial charge in [-0.1, -0.05) is 53.4 Å². The van der Waals surface area contributed by atoms with Gasteiger partial charge in [0.1, 0.15) is 18.9 Å². The number of aromatic amines is 1. The van der Waals surface area contributed by atoms with Crippen molar-refractivity contribution in [2.75, 3.05) is 19.5 Å². The molecule has 12 heteroatoms. The first-order chi connectivity index (χ1) is 20.4. The van der Waals surface area contributed by atoms with Gasteiger partial charge in [0, 0.05) is 27.1 Å². The first-order valence-corrected chi connectivity index (χ1v) is 14.2. The average molecular weight is 606 g/mol. The lowest BCUT2D eigenvalue weighted by molar-refractivity contribution is -0.890. The third-order valence-corrected chi connectivity index (χ3v) is 7.71. The van der Waals surface area contributed by atoms with E-state index in [-0.39, 0.29) is 5.92 Å². The predicted octanol–water partition coefficient (Wildman–Crippen LogP) is 6.09. The topological polar surface area (TPSA) is 111 Å². The van der Waals surface area contributed by atoms with Crippen LogP contribution in [0.1, 0.15) is 36.7 Å². The van der Waals surface area contributed by atoms with Crippen molar-refractivity contribution >= 4 is 35.0 Å². The van der Waals surface area contributed by atoms with Gasteiger partial charge in [0.15, 0.2) is 5.15 Å². The van der Waals surface area contributed by atoms with Crippen molar-refractivity contribution in [3.8, 4) is 28.1 Å². The van der Waals surface area contributed by atoms with Gasteiger partial charge in [-0.05, 0) is 54.3 Å². The van der Waals surface area contributed by atoms with Crippen LogP contribution < -0.4 is 14.9 Å². The molecule has 1 saturated carbocycles. The highest BCUT2D eigenvalue weighted by atomic mass is 35.5. The van der Waals surface area contributed by atoms with Crippen molar-refractivity contribution in [2.45, 2.75) is 25.2 Å². The Bertz CT molecular complexity index is 1730. The lowest BCUT2D eigenvalue weighted by Crippen LogP contribution is -2.45. The number of carbonyl (C=O) groups excluding carboxylic acids is 1. The highest BCUT2D eigenvalue weighted by Crippen LogP contribution is 2.41. The first kappa shape index (κ1) is 27.7. The number of anilines is 1. The van der Waals surface area contributed by atoms with Crippen molar-refractivity contribution in [3.63, 3.8) is 0 Å². The van der Waals surface area contributed by atoms with E-state index in [0.717, 1.165) is 46.0 Å². The molecule has 0 bridgehead atoms. The second-order valence-corrected chi connectivity index (χ2v) is 10.9. The zero-order valence-electron chi connectivity index (χ0n) is 22.9. The fourth-order valence-corrected chi connectivity index (χ4v) is 5.30. The number of nitrogens with zero attached hydrogens (tertiary/aromatic N) is 5. The molecule has 42 heavy (non-hydrogen) atoms. The summed E-state index contributed by atoms with van der Waals surface area (Å²) >= 11 is 12.4. The summed E-state index contributed by atoms with van der Waals surface area (Å²) in [5.74, 6) is 1.47. The molecule has 214 valence electrons. The van der Waals surface area contributed by atoms with Gasteiger partial charge in [-0.3, -0.25) is 10.2 Å². The Balaban J connectivity index is 1.33. The van der Waals surface area contributed by atoms with E-state index in [1.54, 1.807) is 28.8 Å². The molecule has 2 aromatic carbocycles. The Hall–Kier alpha value is -4.41. The molecule has 3 heterocycles. The Morgan fingerprint density at radius 1 is 1.12 bits per heavy atom. The van der Waals surface area contributed by atoms with Crippen molar-refractivity contribution in [1.82, 2.24) is 25.0 Å². The number of nitrogens with one attached hydrogen (secondary N) is 2. The summed E-state index contributed by atoms with van der Waals surface area (Å²) in [6, 6.07) is 17.2. The number of hydrogen-bond acceptors (Lipinski definition) is 6. The normalized spacial score (nSPS) is 13.5. The highest BCUT2D eigenvalue weighted by Gasteiger charge is 2.35. The van der Waals surface area contributed by atoms with Gasteiger partial charge in [0.2, 0.25) is 11.9 Å². The fraction of sp³-hybridized carbons (Fsp3) is 0.233. The number of H-pyrrole nitrogens is 1. The van der Waals surface area contributed by atoms with Gasteiger partial charge in [0.25, 0.3) is 0 Å². The lowest BCUT2D eigenvalue weighted by atomic mass is 9.95. The van der Waals surface area contributed by atoms with Gasteiger partial charge >= 0.3 is 6.09 Å². The van der Waals surface area contributed by atoms with E-state index in [4.69, 9.17) is 33.0 Å². The lowest BCUT2D eigenvalue weighted by Gasteiger charge is -2.14. The minimum absolute atomic E-state index is 0.0199. The number of halogens is 2. The largest absolute Gasteiger partial charge is 0.453 e. The number of rotatable bonds is 9. The SMILES string of the molecule is COC(=O)Nc1ccc(-c2cnc(C(CC3CC3)c3ccc(-c4cc(Cl)ccc4-n4cc(Cl)nn4)c[n+]3OC)[nH]2)cc1. The summed E-state index contributed by atoms with van der Waals surface area (Å²) in [6.07, 6.45) is 8.27. The number of ether oxygens (including phenoxy) is 1. The molecule has 1 aliphatic carbocycles. The van der Waals surface area contributed by atoms with Crippen molar-refractivity contribution in [2.24, 2.45) is 5.92 Å². The van der Waals surface area contributed by atoms with Crippen molar-refractivity contribution in [3.05, 3.63) is 94.9 Å². The number of hydrogen-bond donors (Lipinski definition) is 2. The number of aromatic nitrogens is 6. The van der Waals surface area contributed by atoms with E-state index in [1.807, 2.05) is 48.8 Å². The number of benzene rings is 2. The molecule has 1 atom stereocenters. The predicted molar refractivity (Wildman–Crippen MR) is 159 cm³/mol. The fourth-order valence-electron chi connectivity index (χ4n) is 5.00. The molecule has 10 nitrogen and oxygen atoms in total. The van der Waals surface area contributed by atoms with E-state index in [0.29, 0.717) is 21.8 Å². The van der Waals surface area contributed by atoms with Gasteiger partial charge in [-0.15, -0.1) is 5.10 Å². The van der Waals surface area contributed by atoms with Crippen LogP contribution in [0.4, 0.5) is 10.5 Å². The van der Waals surface area contributed by atoms with E-state index < -0.39 is 6.09 Å². The van der Waals surface area contributed by atoms with Gasteiger partial charge in [-0.25, -0.2) is 14.5 Å². The molecule has 3 aromatic heterocycles. The first-order valence-electron chi connectivity index (χ1n) is 13.4. The monoisotopic (exact) mass is 604 g/mol. The van der Waals surface area contributed by atoms with Crippen LogP contribution in [0.15, 0.2) is 73.2 Å². The number of imidazole rings is 1. The summed E-state index contributed by atoms with van der Waals surface area (Å²) in [5, 5.41) is 11.6. The average Bonchev–Trinajstić information content (AvgIpc) is 3.51. The quantitative estimate of drug-likeness (QED) is 0.197. The van der Waals surface area contributed by atoms with Crippen LogP contribution in [0.25, 0.3) is 28.1 Å². The third-order valence-electron chi connectivity index (χ3n) is 7.30. The molecule has 1 fully saturated rings. The van der Waals surface area contributed by atoms with Crippen LogP contribution in [0.3, 0.4) is 0 Å². The van der Waals surface area contributed by atoms with E-state index in [1.165, 1.54) is 20.0 Å². The van der Waals surface area contributed by atoms with E-state index in [2.05, 4.69) is 37.5 Å². The van der Waals surface area contributed by atoms with Gasteiger partial charge in [-0.2, -0.15) is 0 Å². The summed E-state index contributed by atoms with van der Waals surface area (Å²) in [7, 11) is 2.98. The Morgan fingerprint density at radius 2 is 1.90 bits per heavy atom. The minimum Gasteiger partial charge on any atom is -0.453 e. The standard InChI is InChI=1S/C30H27Cl2N7O3/c1-41-30(40)34-22-9-5-19(6-10-22)25-15-33-29(35-25)24(13-18-3-4-18)27-11-7-20(16-39(27)42-2)23-14-21(31)8-12-26(23)38-17-28(32)36-37-38/h5-12,14-18,24H,3-4,13H2,1-2H3,(H-,33,34,35,36,37,40)/p+1. The maximum absolute atomic E-state index is 11.5. The molecule has 5 aromatic rings. The summed E-state index contributed by atoms with van der Waals surface area (Å²) in [4.78, 5) is 25.7. The maximum atomic E-state index is 11.5. The molecule has 1 amide bonds. The second kappa shape index (κ2) is 11.8. The molecule has 1 unspecified atom stereocenters. The molecule has 0 spiro atoms. The van der Waals surface area contributed by atoms with Crippen LogP contribution in [-0.2, 0) is 4.74 Å². The second-order valence-electron chi connectivity index (χ2n) is 10.1. The van der Waals surface area contributed by atoms with Crippen LogP contribution in [-0.4, -0.2) is 45.3 Å². The van der Waals surface area contributed by atoms with Crippen LogP contribution >= 0.6 is 23.2 Å². The van der Waals surface area contributed by atoms with Crippen molar-refractivity contribution in [1.29, 1.82) is 0 Å². The van der Waals surface area contributed by atoms with Gasteiger partial charge < -0.3 is 9.72 Å². The van der Waals surface area contributed by atoms with E-state index >= 15 is 0 Å². The maximum Gasteiger partial charge on any atom is 0.411 e. The molecule has 0 aliphatic heterocycles. The molecular weight excluding hydrogens is 577 g/mol. The summed E-state index contributed by atoms with van der Waals surface area (Å²) in [5.41, 5.74) is 5.97. The molecule has 6 rings (SSSR count). The van der Waals surface area contributed by atoms with Gasteiger partial charge in [0.05, 0.1) is 36.4 Å². The van der Waals surface area contributed by atoms with Crippen LogP contribution in [0.2, 0.25) is 10.2 Å². The summed E-state index contributed by atoms with van der Waals surface area (Å²) < 4.78 is 8.08. The number of pyridine rings is 1. The van der Waals surface area contributed by atoms with Crippen LogP contribution in [0.5, 0.6) is 0 Å². The molecule has 1 aliphatic rings. The Kier molecular flexibility index (Phi) is 7.82. The zero-order valence-corrected chi connectivity index (χ0v) is 24.4. The van der Waals surface area contributed by atoms with E-state index in [9.17, 15) is 4.79 Å². The Morgan fingerprint density at radius 3 is 2.60 bits per heavy atom. The molecular formula is C30H28Cl2N7O3+. The summed E-state index contributed by atoms with van der Waals surface area (Å²) in [6.45, 7) is 0. The molecule has 2 N–H and O–H groups in total. The minimum atomic E-state index is -0.513. The number of carbonyl (C=O) groups is 1. The van der Waals surface area contributed by atoms with Crippen molar-refractivity contribution < 1.29 is 19.1 Å². The molecule has 0 saturated heterocycles. The van der Waals surface area contributed by atoms with Crippen LogP contribution in [0, 0.1) is 5.92 Å².